The molecule has 7 heteroatoms. The van der Waals surface area contributed by atoms with Crippen LogP contribution in [0.1, 0.15) is 44.0 Å². The third kappa shape index (κ3) is 6.53. The maximum atomic E-state index is 12.5. The average molecular weight is 417 g/mol. The van der Waals surface area contributed by atoms with Crippen molar-refractivity contribution >= 4 is 36.4 Å². The van der Waals surface area contributed by atoms with Crippen LogP contribution in [0.4, 0.5) is 5.69 Å². The van der Waals surface area contributed by atoms with Crippen LogP contribution in [0, 0.1) is 0 Å². The molecule has 2 heterocycles. The van der Waals surface area contributed by atoms with E-state index in [0.29, 0.717) is 12.1 Å². The number of rotatable bonds is 4. The standard InChI is InChI=1S/C20H32N4O.2ClH/c1-15(2)23-10-12-24(13-11-23)19-6-4-17(5-7-19)20(25)22-18-8-9-21-16(3)14-18;;/h4-7,15-16,18,21H,8-14H2,1-3H3,(H,22,25);2*1H. The molecule has 0 aromatic heterocycles. The number of benzene rings is 1. The molecule has 0 saturated carbocycles. The van der Waals surface area contributed by atoms with Gasteiger partial charge in [-0.1, -0.05) is 0 Å². The summed E-state index contributed by atoms with van der Waals surface area (Å²) in [6, 6.07) is 9.48. The Balaban J connectivity index is 0.00000182. The Morgan fingerprint density at radius 2 is 1.74 bits per heavy atom. The Labute approximate surface area is 176 Å². The minimum Gasteiger partial charge on any atom is -0.369 e. The second-order valence-corrected chi connectivity index (χ2v) is 7.71. The molecule has 0 bridgehead atoms. The third-order valence-electron chi connectivity index (χ3n) is 5.50. The van der Waals surface area contributed by atoms with Crippen molar-refractivity contribution in [3.8, 4) is 0 Å². The Morgan fingerprint density at radius 1 is 1.11 bits per heavy atom. The fourth-order valence-electron chi connectivity index (χ4n) is 3.85. The molecule has 2 atom stereocenters. The van der Waals surface area contributed by atoms with E-state index in [-0.39, 0.29) is 36.8 Å². The Hall–Kier alpha value is -1.01. The molecule has 2 aliphatic heterocycles. The van der Waals surface area contributed by atoms with Crippen LogP contribution < -0.4 is 15.5 Å². The van der Waals surface area contributed by atoms with Gasteiger partial charge >= 0.3 is 0 Å². The summed E-state index contributed by atoms with van der Waals surface area (Å²) >= 11 is 0. The van der Waals surface area contributed by atoms with Crippen LogP contribution in [0.2, 0.25) is 0 Å². The quantitative estimate of drug-likeness (QED) is 0.791. The SMILES string of the molecule is CC1CC(NC(=O)c2ccc(N3CCN(C(C)C)CC3)cc2)CCN1.Cl.Cl. The molecule has 2 N–H and O–H groups in total. The molecule has 3 rings (SSSR count). The lowest BCUT2D eigenvalue weighted by Crippen LogP contribution is -2.48. The lowest BCUT2D eigenvalue weighted by atomic mass is 10.00. The summed E-state index contributed by atoms with van der Waals surface area (Å²) in [7, 11) is 0. The number of piperazine rings is 1. The molecule has 154 valence electrons. The summed E-state index contributed by atoms with van der Waals surface area (Å²) in [6.07, 6.45) is 2.01. The predicted octanol–water partition coefficient (Wildman–Crippen LogP) is 2.93. The molecule has 5 nitrogen and oxygen atoms in total. The summed E-state index contributed by atoms with van der Waals surface area (Å²) in [5.74, 6) is 0.0512. The molecule has 0 aliphatic carbocycles. The number of amides is 1. The van der Waals surface area contributed by atoms with Crippen molar-refractivity contribution < 1.29 is 4.79 Å². The first-order valence-electron chi connectivity index (χ1n) is 9.66. The van der Waals surface area contributed by atoms with Gasteiger partial charge in [-0.2, -0.15) is 0 Å². The van der Waals surface area contributed by atoms with Crippen molar-refractivity contribution in [3.05, 3.63) is 29.8 Å². The minimum atomic E-state index is 0. The second-order valence-electron chi connectivity index (χ2n) is 7.71. The molecule has 27 heavy (non-hydrogen) atoms. The van der Waals surface area contributed by atoms with E-state index in [1.165, 1.54) is 5.69 Å². The Kier molecular flexibility index (Phi) is 9.88. The summed E-state index contributed by atoms with van der Waals surface area (Å²) in [5.41, 5.74) is 1.98. The van der Waals surface area contributed by atoms with Crippen molar-refractivity contribution in [1.82, 2.24) is 15.5 Å². The van der Waals surface area contributed by atoms with Gasteiger partial charge in [0.25, 0.3) is 5.91 Å². The zero-order valence-corrected chi connectivity index (χ0v) is 18.2. The number of halogens is 2. The van der Waals surface area contributed by atoms with Crippen LogP contribution in [0.3, 0.4) is 0 Å². The van der Waals surface area contributed by atoms with Gasteiger partial charge in [-0.3, -0.25) is 9.69 Å². The van der Waals surface area contributed by atoms with E-state index >= 15 is 0 Å². The minimum absolute atomic E-state index is 0. The average Bonchev–Trinajstić information content (AvgIpc) is 2.62. The predicted molar refractivity (Wildman–Crippen MR) is 118 cm³/mol. The number of hydrogen-bond donors (Lipinski definition) is 2. The maximum absolute atomic E-state index is 12.5. The van der Waals surface area contributed by atoms with E-state index in [1.807, 2.05) is 12.1 Å². The lowest BCUT2D eigenvalue weighted by Gasteiger charge is -2.38. The van der Waals surface area contributed by atoms with Gasteiger partial charge in [-0.25, -0.2) is 0 Å². The topological polar surface area (TPSA) is 47.6 Å². The van der Waals surface area contributed by atoms with Crippen LogP contribution in [-0.4, -0.2) is 61.7 Å². The number of carbonyl (C=O) groups is 1. The molecule has 2 unspecified atom stereocenters. The normalized spacial score (nSPS) is 23.3. The molecule has 1 amide bonds. The maximum Gasteiger partial charge on any atom is 0.251 e. The van der Waals surface area contributed by atoms with Gasteiger partial charge in [-0.05, 0) is 64.4 Å². The molecule has 1 aromatic carbocycles. The van der Waals surface area contributed by atoms with Gasteiger partial charge in [0.1, 0.15) is 0 Å². The largest absolute Gasteiger partial charge is 0.369 e. The van der Waals surface area contributed by atoms with E-state index in [1.54, 1.807) is 0 Å². The van der Waals surface area contributed by atoms with E-state index in [4.69, 9.17) is 0 Å². The van der Waals surface area contributed by atoms with Gasteiger partial charge in [-0.15, -0.1) is 24.8 Å². The molecule has 0 radical (unpaired) electrons. The molecular formula is C20H34Cl2N4O. The Morgan fingerprint density at radius 3 is 2.30 bits per heavy atom. The van der Waals surface area contributed by atoms with Gasteiger partial charge in [0, 0.05) is 55.6 Å². The molecule has 2 aliphatic rings. The van der Waals surface area contributed by atoms with Crippen molar-refractivity contribution in [1.29, 1.82) is 0 Å². The van der Waals surface area contributed by atoms with Crippen LogP contribution >= 0.6 is 24.8 Å². The summed E-state index contributed by atoms with van der Waals surface area (Å²) in [4.78, 5) is 17.4. The first-order chi connectivity index (χ1) is 12.0. The highest BCUT2D eigenvalue weighted by atomic mass is 35.5. The molecule has 1 aromatic rings. The van der Waals surface area contributed by atoms with Gasteiger partial charge in [0.15, 0.2) is 0 Å². The van der Waals surface area contributed by atoms with E-state index in [9.17, 15) is 4.79 Å². The van der Waals surface area contributed by atoms with Crippen molar-refractivity contribution in [3.63, 3.8) is 0 Å². The molecule has 2 saturated heterocycles. The number of piperidine rings is 1. The smallest absolute Gasteiger partial charge is 0.251 e. The highest BCUT2D eigenvalue weighted by Crippen LogP contribution is 2.18. The fraction of sp³-hybridized carbons (Fsp3) is 0.650. The lowest BCUT2D eigenvalue weighted by molar-refractivity contribution is 0.0925. The van der Waals surface area contributed by atoms with Gasteiger partial charge < -0.3 is 15.5 Å². The van der Waals surface area contributed by atoms with Crippen LogP contribution in [0.25, 0.3) is 0 Å². The van der Waals surface area contributed by atoms with Crippen LogP contribution in [0.5, 0.6) is 0 Å². The van der Waals surface area contributed by atoms with Crippen LogP contribution in [-0.2, 0) is 0 Å². The van der Waals surface area contributed by atoms with Crippen molar-refractivity contribution in [2.45, 2.75) is 51.7 Å². The van der Waals surface area contributed by atoms with Gasteiger partial charge in [0.2, 0.25) is 0 Å². The zero-order valence-electron chi connectivity index (χ0n) is 16.6. The summed E-state index contributed by atoms with van der Waals surface area (Å²) < 4.78 is 0. The number of anilines is 1. The monoisotopic (exact) mass is 416 g/mol. The van der Waals surface area contributed by atoms with Crippen molar-refractivity contribution in [2.75, 3.05) is 37.6 Å². The first kappa shape index (κ1) is 24.0. The molecular weight excluding hydrogens is 383 g/mol. The van der Waals surface area contributed by atoms with E-state index < -0.39 is 0 Å². The number of carbonyl (C=O) groups excluding carboxylic acids is 1. The third-order valence-corrected chi connectivity index (χ3v) is 5.50. The van der Waals surface area contributed by atoms with Crippen molar-refractivity contribution in [2.24, 2.45) is 0 Å². The fourth-order valence-corrected chi connectivity index (χ4v) is 3.85. The highest BCUT2D eigenvalue weighted by Gasteiger charge is 2.21. The van der Waals surface area contributed by atoms with Crippen LogP contribution in [0.15, 0.2) is 24.3 Å². The molecule has 0 spiro atoms. The van der Waals surface area contributed by atoms with E-state index in [2.05, 4.69) is 53.3 Å². The number of nitrogens with zero attached hydrogens (tertiary/aromatic N) is 2. The van der Waals surface area contributed by atoms with Gasteiger partial charge in [0.05, 0.1) is 0 Å². The summed E-state index contributed by atoms with van der Waals surface area (Å²) in [5, 5.41) is 6.60. The number of nitrogens with one attached hydrogen (secondary N) is 2. The molecule has 2 fully saturated rings. The number of hydrogen-bond acceptors (Lipinski definition) is 4. The Bertz CT molecular complexity index is 574. The summed E-state index contributed by atoms with van der Waals surface area (Å²) in [6.45, 7) is 12.0. The second kappa shape index (κ2) is 11.1. The zero-order chi connectivity index (χ0) is 17.8. The first-order valence-corrected chi connectivity index (χ1v) is 9.66. The van der Waals surface area contributed by atoms with E-state index in [0.717, 1.165) is 51.1 Å². The highest BCUT2D eigenvalue weighted by molar-refractivity contribution is 5.94.